The van der Waals surface area contributed by atoms with Crippen LogP contribution >= 0.6 is 11.6 Å². The Morgan fingerprint density at radius 3 is 3.10 bits per heavy atom. The molecular formula is C13H19ClN4O2. The van der Waals surface area contributed by atoms with Crippen molar-refractivity contribution in [2.45, 2.75) is 25.8 Å². The molecule has 2 rings (SSSR count). The first-order valence-electron chi connectivity index (χ1n) is 6.74. The van der Waals surface area contributed by atoms with Crippen LogP contribution in [0.4, 0.5) is 5.82 Å². The number of amides is 1. The summed E-state index contributed by atoms with van der Waals surface area (Å²) in [4.78, 5) is 22.3. The number of likely N-dealkylation sites (N-methyl/N-ethyl adjacent to an activating group) is 1. The number of carbonyl (C=O) groups is 1. The molecule has 0 spiro atoms. The quantitative estimate of drug-likeness (QED) is 0.841. The van der Waals surface area contributed by atoms with Crippen molar-refractivity contribution in [3.8, 4) is 0 Å². The van der Waals surface area contributed by atoms with Crippen molar-refractivity contribution in [1.82, 2.24) is 15.3 Å². The summed E-state index contributed by atoms with van der Waals surface area (Å²) in [6, 6.07) is -0.379. The molecule has 1 N–H and O–H groups in total. The molecule has 1 aliphatic rings. The highest BCUT2D eigenvalue weighted by atomic mass is 35.5. The summed E-state index contributed by atoms with van der Waals surface area (Å²) in [5.74, 6) is 0.658. The Hall–Kier alpha value is -1.40. The first-order valence-corrected chi connectivity index (χ1v) is 7.12. The Morgan fingerprint density at radius 1 is 1.60 bits per heavy atom. The van der Waals surface area contributed by atoms with Gasteiger partial charge in [-0.2, -0.15) is 0 Å². The highest BCUT2D eigenvalue weighted by Gasteiger charge is 2.31. The second-order valence-corrected chi connectivity index (χ2v) is 4.97. The number of anilines is 1. The highest BCUT2D eigenvalue weighted by molar-refractivity contribution is 6.30. The molecule has 0 saturated carbocycles. The maximum atomic E-state index is 12.0. The molecule has 20 heavy (non-hydrogen) atoms. The van der Waals surface area contributed by atoms with Crippen LogP contribution in [0, 0.1) is 0 Å². The minimum Gasteiger partial charge on any atom is -0.377 e. The van der Waals surface area contributed by atoms with E-state index in [1.54, 1.807) is 7.05 Å². The number of ether oxygens (including phenoxy) is 1. The van der Waals surface area contributed by atoms with Gasteiger partial charge in [0.2, 0.25) is 5.91 Å². The van der Waals surface area contributed by atoms with E-state index in [0.29, 0.717) is 24.9 Å². The van der Waals surface area contributed by atoms with Gasteiger partial charge < -0.3 is 15.0 Å². The van der Waals surface area contributed by atoms with Crippen LogP contribution in [0.3, 0.4) is 0 Å². The fourth-order valence-corrected chi connectivity index (χ4v) is 2.56. The molecule has 1 aliphatic heterocycles. The summed E-state index contributed by atoms with van der Waals surface area (Å²) in [5.41, 5.74) is 0.896. The molecule has 1 fully saturated rings. The lowest BCUT2D eigenvalue weighted by atomic mass is 10.1. The number of aromatic nitrogens is 2. The van der Waals surface area contributed by atoms with Gasteiger partial charge in [-0.1, -0.05) is 24.9 Å². The third-order valence-electron chi connectivity index (χ3n) is 3.32. The number of morpholine rings is 1. The van der Waals surface area contributed by atoms with E-state index >= 15 is 0 Å². The summed E-state index contributed by atoms with van der Waals surface area (Å²) < 4.78 is 5.41. The monoisotopic (exact) mass is 298 g/mol. The maximum Gasteiger partial charge on any atom is 0.244 e. The van der Waals surface area contributed by atoms with E-state index in [-0.39, 0.29) is 11.9 Å². The van der Waals surface area contributed by atoms with Crippen molar-refractivity contribution in [3.63, 3.8) is 0 Å². The molecular weight excluding hydrogens is 280 g/mol. The van der Waals surface area contributed by atoms with Gasteiger partial charge in [0.15, 0.2) is 0 Å². The highest BCUT2D eigenvalue weighted by Crippen LogP contribution is 2.27. The van der Waals surface area contributed by atoms with Gasteiger partial charge >= 0.3 is 0 Å². The molecule has 1 unspecified atom stereocenters. The Balaban J connectivity index is 2.37. The van der Waals surface area contributed by atoms with E-state index in [4.69, 9.17) is 16.3 Å². The Labute approximate surface area is 123 Å². The van der Waals surface area contributed by atoms with Crippen molar-refractivity contribution in [1.29, 1.82) is 0 Å². The van der Waals surface area contributed by atoms with E-state index in [1.165, 1.54) is 6.33 Å². The first kappa shape index (κ1) is 15.0. The Bertz CT molecular complexity index is 483. The zero-order valence-corrected chi connectivity index (χ0v) is 12.5. The SMILES string of the molecule is CCCc1c(Cl)ncnc1N1CCOCC1C(=O)NC. The van der Waals surface area contributed by atoms with Gasteiger partial charge in [0.1, 0.15) is 23.3 Å². The summed E-state index contributed by atoms with van der Waals surface area (Å²) in [7, 11) is 1.62. The number of nitrogens with zero attached hydrogens (tertiary/aromatic N) is 3. The number of hydrogen-bond donors (Lipinski definition) is 1. The molecule has 1 atom stereocenters. The number of nitrogens with one attached hydrogen (secondary N) is 1. The first-order chi connectivity index (χ1) is 9.69. The second kappa shape index (κ2) is 6.85. The smallest absolute Gasteiger partial charge is 0.244 e. The zero-order valence-electron chi connectivity index (χ0n) is 11.7. The molecule has 0 bridgehead atoms. The maximum absolute atomic E-state index is 12.0. The molecule has 1 aromatic rings. The van der Waals surface area contributed by atoms with Crippen LogP contribution in [0.25, 0.3) is 0 Å². The summed E-state index contributed by atoms with van der Waals surface area (Å²) in [5, 5.41) is 3.12. The Kier molecular flexibility index (Phi) is 5.14. The number of carbonyl (C=O) groups excluding carboxylic acids is 1. The molecule has 110 valence electrons. The topological polar surface area (TPSA) is 67.3 Å². The lowest BCUT2D eigenvalue weighted by Crippen LogP contribution is -2.54. The van der Waals surface area contributed by atoms with E-state index in [1.807, 2.05) is 4.90 Å². The number of hydrogen-bond acceptors (Lipinski definition) is 5. The second-order valence-electron chi connectivity index (χ2n) is 4.61. The molecule has 1 saturated heterocycles. The van der Waals surface area contributed by atoms with Crippen LogP contribution in [0.5, 0.6) is 0 Å². The van der Waals surface area contributed by atoms with Gasteiger partial charge in [0.25, 0.3) is 0 Å². The fourth-order valence-electron chi connectivity index (χ4n) is 2.34. The third kappa shape index (κ3) is 3.02. The minimum absolute atomic E-state index is 0.0816. The lowest BCUT2D eigenvalue weighted by molar-refractivity contribution is -0.124. The fraction of sp³-hybridized carbons (Fsp3) is 0.615. The summed E-state index contributed by atoms with van der Waals surface area (Å²) >= 11 is 6.18. The van der Waals surface area contributed by atoms with E-state index in [9.17, 15) is 4.79 Å². The van der Waals surface area contributed by atoms with Gasteiger partial charge in [0.05, 0.1) is 13.2 Å². The van der Waals surface area contributed by atoms with Crippen LogP contribution in [0.15, 0.2) is 6.33 Å². The van der Waals surface area contributed by atoms with Crippen LogP contribution in [0.1, 0.15) is 18.9 Å². The molecule has 0 radical (unpaired) electrons. The molecule has 6 nitrogen and oxygen atoms in total. The molecule has 0 aromatic carbocycles. The Morgan fingerprint density at radius 2 is 2.40 bits per heavy atom. The molecule has 1 amide bonds. The molecule has 1 aromatic heterocycles. The average Bonchev–Trinajstić information content (AvgIpc) is 2.49. The molecule has 0 aliphatic carbocycles. The van der Waals surface area contributed by atoms with Gasteiger partial charge in [-0.15, -0.1) is 0 Å². The van der Waals surface area contributed by atoms with E-state index in [2.05, 4.69) is 22.2 Å². The minimum atomic E-state index is -0.379. The lowest BCUT2D eigenvalue weighted by Gasteiger charge is -2.36. The number of rotatable bonds is 4. The van der Waals surface area contributed by atoms with E-state index < -0.39 is 0 Å². The van der Waals surface area contributed by atoms with Crippen LogP contribution in [-0.2, 0) is 16.0 Å². The predicted molar refractivity (Wildman–Crippen MR) is 77.1 cm³/mol. The van der Waals surface area contributed by atoms with Crippen molar-refractivity contribution in [3.05, 3.63) is 17.0 Å². The van der Waals surface area contributed by atoms with Crippen molar-refractivity contribution < 1.29 is 9.53 Å². The van der Waals surface area contributed by atoms with Crippen molar-refractivity contribution in [2.24, 2.45) is 0 Å². The van der Waals surface area contributed by atoms with Gasteiger partial charge in [-0.25, -0.2) is 9.97 Å². The predicted octanol–water partition coefficient (Wildman–Crippen LogP) is 1.03. The van der Waals surface area contributed by atoms with E-state index in [0.717, 1.165) is 24.2 Å². The third-order valence-corrected chi connectivity index (χ3v) is 3.65. The standard InChI is InChI=1S/C13H19ClN4O2/c1-3-4-9-11(14)16-8-17-12(9)18-5-6-20-7-10(18)13(19)15-2/h8,10H,3-7H2,1-2H3,(H,15,19). The largest absolute Gasteiger partial charge is 0.377 e. The summed E-state index contributed by atoms with van der Waals surface area (Å²) in [6.45, 7) is 3.61. The van der Waals surface area contributed by atoms with Gasteiger partial charge in [0, 0.05) is 19.2 Å². The summed E-state index contributed by atoms with van der Waals surface area (Å²) in [6.07, 6.45) is 3.16. The molecule has 7 heteroatoms. The number of halogens is 1. The van der Waals surface area contributed by atoms with Crippen LogP contribution in [0.2, 0.25) is 5.15 Å². The van der Waals surface area contributed by atoms with Crippen LogP contribution in [-0.4, -0.2) is 48.7 Å². The van der Waals surface area contributed by atoms with Gasteiger partial charge in [-0.05, 0) is 6.42 Å². The zero-order chi connectivity index (χ0) is 14.5. The van der Waals surface area contributed by atoms with Gasteiger partial charge in [-0.3, -0.25) is 4.79 Å². The average molecular weight is 299 g/mol. The van der Waals surface area contributed by atoms with Crippen molar-refractivity contribution in [2.75, 3.05) is 31.7 Å². The van der Waals surface area contributed by atoms with Crippen molar-refractivity contribution >= 4 is 23.3 Å². The normalized spacial score (nSPS) is 18.9. The molecule has 2 heterocycles. The van der Waals surface area contributed by atoms with Crippen LogP contribution < -0.4 is 10.2 Å².